The molecule has 5 aromatic rings. The molecule has 0 aromatic heterocycles. The van der Waals surface area contributed by atoms with E-state index in [9.17, 15) is 48.6 Å². The van der Waals surface area contributed by atoms with Crippen molar-refractivity contribution in [2.75, 3.05) is 6.61 Å². The summed E-state index contributed by atoms with van der Waals surface area (Å²) in [6.07, 6.45) is 4.01. The molecular formula is C89H101Cl6N5O14. The third-order valence-electron chi connectivity index (χ3n) is 21.0. The number of carbonyl (C=O) groups excluding carboxylic acids is 8. The summed E-state index contributed by atoms with van der Waals surface area (Å²) in [5.74, 6) is 9.84. The zero-order valence-electron chi connectivity index (χ0n) is 68.5. The first-order chi connectivity index (χ1) is 53.0. The van der Waals surface area contributed by atoms with Crippen LogP contribution in [0, 0.1) is 88.4 Å². The van der Waals surface area contributed by atoms with Crippen molar-refractivity contribution >= 4 is 145 Å². The lowest BCUT2D eigenvalue weighted by Gasteiger charge is -2.34. The molecule has 0 bridgehead atoms. The zero-order valence-corrected chi connectivity index (χ0v) is 73.1. The quantitative estimate of drug-likeness (QED) is 0.0348. The highest BCUT2D eigenvalue weighted by atomic mass is 35.5. The van der Waals surface area contributed by atoms with Crippen molar-refractivity contribution in [3.05, 3.63) is 199 Å². The molecule has 1 aliphatic carbocycles. The minimum Gasteiger partial charge on any atom is -0.509 e. The van der Waals surface area contributed by atoms with Gasteiger partial charge in [-0.2, -0.15) is 0 Å². The number of carbonyl (C=O) groups is 8. The molecule has 7 N–H and O–H groups in total. The van der Waals surface area contributed by atoms with Gasteiger partial charge in [-0.3, -0.25) is 33.6 Å². The number of rotatable bonds is 12. The second-order valence-electron chi connectivity index (χ2n) is 31.5. The summed E-state index contributed by atoms with van der Waals surface area (Å²) in [5.41, 5.74) is 5.87. The number of amides is 5. The third-order valence-corrected chi connectivity index (χ3v) is 22.7. The Labute approximate surface area is 699 Å². The molecular weight excluding hydrogens is 1580 g/mol. The van der Waals surface area contributed by atoms with Crippen molar-refractivity contribution in [3.8, 4) is 23.7 Å². The van der Waals surface area contributed by atoms with Crippen molar-refractivity contribution in [1.29, 1.82) is 0 Å². The van der Waals surface area contributed by atoms with Gasteiger partial charge in [0.1, 0.15) is 23.0 Å². The Kier molecular flexibility index (Phi) is 29.7. The van der Waals surface area contributed by atoms with Gasteiger partial charge in [0.05, 0.1) is 77.1 Å². The van der Waals surface area contributed by atoms with Crippen molar-refractivity contribution in [2.24, 2.45) is 23.2 Å². The van der Waals surface area contributed by atoms with E-state index in [0.717, 1.165) is 76.6 Å². The Bertz CT molecular complexity index is 4980. The number of aryl methyl sites for hydroxylation is 6. The number of aliphatic hydroxyl groups is 2. The normalized spacial score (nSPS) is 19.9. The Morgan fingerprint density at radius 1 is 0.474 bits per heavy atom. The minimum absolute atomic E-state index is 0.00259. The number of benzene rings is 5. The summed E-state index contributed by atoms with van der Waals surface area (Å²) in [4.78, 5) is 98.9. The van der Waals surface area contributed by atoms with Gasteiger partial charge in [0.2, 0.25) is 5.54 Å². The molecule has 5 aromatic carbocycles. The highest BCUT2D eigenvalue weighted by Gasteiger charge is 2.52. The average molecular weight is 1680 g/mol. The van der Waals surface area contributed by atoms with Crippen molar-refractivity contribution < 1.29 is 67.5 Å². The molecule has 1 spiro atoms. The number of ether oxygens (including phenoxy) is 4. The van der Waals surface area contributed by atoms with E-state index in [-0.39, 0.29) is 99.4 Å². The van der Waals surface area contributed by atoms with Gasteiger partial charge in [-0.1, -0.05) is 196 Å². The van der Waals surface area contributed by atoms with Crippen LogP contribution in [0.25, 0.3) is 27.9 Å². The van der Waals surface area contributed by atoms with Crippen LogP contribution in [0.2, 0.25) is 30.1 Å². The number of halogens is 6. The fourth-order valence-corrected chi connectivity index (χ4v) is 15.8. The Hall–Kier alpha value is -9.18. The predicted octanol–water partition coefficient (Wildman–Crippen LogP) is 19.6. The van der Waals surface area contributed by atoms with Crippen molar-refractivity contribution in [3.63, 3.8) is 0 Å². The SMILES string of the molecule is CC#CC1(C#CC)NC(=O)C(c2c(C)cc(C)cc2C)=C1O.CC(=O)OC1=C(c2c(C)cc(C)cc2C)C(=O)NC12CCCCC2.CC(C)C1(C)NC(=O)C(c2ccc(Cl)cc2Cl)=C1O.CC(C)C1(C)NC(=O)C(c2ccc(Cl)cc2Cl)=C1OC(=O)C(C)(C)C.CCOC(=O)OC1=C(c2ccc(Cl)cc2Cl)C(=O)NC1(C)C(C)C. The van der Waals surface area contributed by atoms with Crippen LogP contribution in [0.15, 0.2) is 108 Å². The molecule has 1 saturated carbocycles. The molecule has 0 saturated heterocycles. The summed E-state index contributed by atoms with van der Waals surface area (Å²) in [7, 11) is 0. The van der Waals surface area contributed by atoms with Gasteiger partial charge >= 0.3 is 18.1 Å². The second kappa shape index (κ2) is 36.7. The summed E-state index contributed by atoms with van der Waals surface area (Å²) in [5, 5.41) is 38.0. The number of hydrogen-bond acceptors (Lipinski definition) is 14. The highest BCUT2D eigenvalue weighted by molar-refractivity contribution is 6.40. The molecule has 5 heterocycles. The van der Waals surface area contributed by atoms with E-state index in [1.807, 2.05) is 102 Å². The number of esters is 2. The lowest BCUT2D eigenvalue weighted by Crippen LogP contribution is -2.47. The highest BCUT2D eigenvalue weighted by Crippen LogP contribution is 2.48. The molecule has 3 atom stereocenters. The molecule has 3 unspecified atom stereocenters. The molecule has 608 valence electrons. The van der Waals surface area contributed by atoms with Crippen LogP contribution < -0.4 is 26.6 Å². The molecule has 6 aliphatic rings. The summed E-state index contributed by atoms with van der Waals surface area (Å²) >= 11 is 36.4. The third kappa shape index (κ3) is 19.5. The van der Waals surface area contributed by atoms with E-state index in [4.69, 9.17) is 88.6 Å². The Morgan fingerprint density at radius 2 is 0.833 bits per heavy atom. The second-order valence-corrected chi connectivity index (χ2v) is 34.0. The van der Waals surface area contributed by atoms with E-state index in [2.05, 4.69) is 62.4 Å². The topological polar surface area (TPSA) is 274 Å². The van der Waals surface area contributed by atoms with Gasteiger partial charge in [-0.25, -0.2) is 4.79 Å². The first-order valence-corrected chi connectivity index (χ1v) is 39.7. The monoisotopic (exact) mass is 1670 g/mol. The van der Waals surface area contributed by atoms with Gasteiger partial charge in [0.15, 0.2) is 5.76 Å². The standard InChI is InChI=1S/C20H25NO3.C19H23Cl2NO3.C19H19NO2.C17H19Cl2NO4.C14H15Cl2NO2/c1-12-10-13(2)16(14(3)11-12)17-18(24-15(4)22)20(21-19(17)23)8-6-5-7-9-20;1-10(2)19(6)15(25-17(24)18(3,4)5)14(16(23)22-19)12-8-7-11(20)9-13(12)21;1-6-8-19(9-7-2)17(21)16(18(22)20-19)15-13(4)10-12(3)11-14(15)5;1-5-23-16(22)24-14-13(11-7-6-10(18)8-12(11)19)15(21)20-17(14,4)9(2)3;1-7(2)14(3)12(18)11(13(19)17-14)9-5-4-8(15)6-10(9)16/h10-11H,5-9H2,1-4H3,(H,21,23);7-10H,1-6H3,(H,22,23);10-11,21H,1-5H3,(H,20,22);6-9H,5H2,1-4H3,(H,20,21);4-7,18H,1-3H3,(H,17,19). The van der Waals surface area contributed by atoms with Gasteiger partial charge in [0.25, 0.3) is 29.5 Å². The van der Waals surface area contributed by atoms with Crippen LogP contribution in [0.5, 0.6) is 0 Å². The maximum absolute atomic E-state index is 12.9. The number of aliphatic hydroxyl groups excluding tert-OH is 2. The molecule has 1 fully saturated rings. The maximum atomic E-state index is 12.9. The zero-order chi connectivity index (χ0) is 85.6. The van der Waals surface area contributed by atoms with E-state index in [0.29, 0.717) is 63.9 Å². The predicted molar refractivity (Wildman–Crippen MR) is 452 cm³/mol. The maximum Gasteiger partial charge on any atom is 0.513 e. The van der Waals surface area contributed by atoms with Gasteiger partial charge in [-0.15, -0.1) is 11.8 Å². The van der Waals surface area contributed by atoms with E-state index in [1.165, 1.54) is 13.0 Å². The summed E-state index contributed by atoms with van der Waals surface area (Å²) in [6, 6.07) is 22.6. The van der Waals surface area contributed by atoms with Crippen LogP contribution in [0.3, 0.4) is 0 Å². The van der Waals surface area contributed by atoms with Crippen LogP contribution in [0.4, 0.5) is 4.79 Å². The van der Waals surface area contributed by atoms with Gasteiger partial charge in [-0.05, 0) is 204 Å². The fourth-order valence-electron chi connectivity index (χ4n) is 14.3. The van der Waals surface area contributed by atoms with E-state index >= 15 is 0 Å². The van der Waals surface area contributed by atoms with E-state index in [1.54, 1.807) is 104 Å². The average Bonchev–Trinajstić information content (AvgIpc) is 1.59. The smallest absolute Gasteiger partial charge is 0.509 e. The minimum atomic E-state index is -1.31. The van der Waals surface area contributed by atoms with Crippen LogP contribution in [0.1, 0.15) is 204 Å². The largest absolute Gasteiger partial charge is 0.513 e. The lowest BCUT2D eigenvalue weighted by atomic mass is 9.80. The molecule has 114 heavy (non-hydrogen) atoms. The fraction of sp³-hybridized carbons (Fsp3) is 0.416. The molecule has 5 amide bonds. The van der Waals surface area contributed by atoms with Crippen LogP contribution in [-0.2, 0) is 52.5 Å². The Balaban J connectivity index is 0.000000198. The van der Waals surface area contributed by atoms with Crippen LogP contribution >= 0.6 is 69.6 Å². The van der Waals surface area contributed by atoms with E-state index < -0.39 is 45.2 Å². The molecule has 25 heteroatoms. The Morgan fingerprint density at radius 3 is 1.19 bits per heavy atom. The first-order valence-electron chi connectivity index (χ1n) is 37.4. The van der Waals surface area contributed by atoms with Crippen molar-refractivity contribution in [2.45, 2.75) is 212 Å². The number of nitrogens with one attached hydrogen (secondary N) is 5. The molecule has 19 nitrogen and oxygen atoms in total. The lowest BCUT2D eigenvalue weighted by molar-refractivity contribution is -0.150. The molecule has 5 aliphatic heterocycles. The molecule has 11 rings (SSSR count). The summed E-state index contributed by atoms with van der Waals surface area (Å²) in [6.45, 7) is 40.8. The van der Waals surface area contributed by atoms with Crippen molar-refractivity contribution in [1.82, 2.24) is 26.6 Å². The first kappa shape index (κ1) is 92.0. The number of hydrogen-bond donors (Lipinski definition) is 7. The summed E-state index contributed by atoms with van der Waals surface area (Å²) < 4.78 is 21.6. The van der Waals surface area contributed by atoms with Gasteiger partial charge < -0.3 is 55.7 Å². The van der Waals surface area contributed by atoms with Gasteiger partial charge in [0, 0.05) is 38.7 Å². The molecule has 0 radical (unpaired) electrons. The van der Waals surface area contributed by atoms with Crippen LogP contribution in [-0.4, -0.2) is 92.1 Å².